The Morgan fingerprint density at radius 2 is 2.23 bits per heavy atom. The Balaban J connectivity index is 2.81. The van der Waals surface area contributed by atoms with Crippen LogP contribution in [0.3, 0.4) is 0 Å². The Morgan fingerprint density at radius 1 is 1.62 bits per heavy atom. The third kappa shape index (κ3) is 1.61. The third-order valence-corrected chi connectivity index (χ3v) is 1.69. The maximum absolute atomic E-state index is 11.0. The van der Waals surface area contributed by atoms with Crippen molar-refractivity contribution in [2.75, 3.05) is 13.7 Å². The molecule has 0 saturated carbocycles. The molecule has 6 nitrogen and oxygen atoms in total. The largest absolute Gasteiger partial charge is 0.467 e. The molecule has 1 rings (SSSR count). The van der Waals surface area contributed by atoms with Crippen LogP contribution in [0.25, 0.3) is 0 Å². The molecule has 72 valence electrons. The molecule has 6 heteroatoms. The van der Waals surface area contributed by atoms with Gasteiger partial charge in [-0.15, -0.1) is 0 Å². The molecular weight excluding hydrogens is 178 g/mol. The predicted molar refractivity (Wildman–Crippen MR) is 39.7 cm³/mol. The van der Waals surface area contributed by atoms with Crippen LogP contribution in [0.2, 0.25) is 0 Å². The van der Waals surface area contributed by atoms with Crippen molar-refractivity contribution in [1.29, 1.82) is 0 Å². The molecule has 1 fully saturated rings. The minimum absolute atomic E-state index is 0.134. The van der Waals surface area contributed by atoms with E-state index in [1.807, 2.05) is 0 Å². The van der Waals surface area contributed by atoms with E-state index < -0.39 is 24.0 Å². The average molecular weight is 187 g/mol. The minimum Gasteiger partial charge on any atom is -0.467 e. The molecule has 0 unspecified atom stereocenters. The van der Waals surface area contributed by atoms with E-state index >= 15 is 0 Å². The topological polar surface area (TPSA) is 72.9 Å². The number of ether oxygens (including phenoxy) is 2. The smallest absolute Gasteiger partial charge is 0.417 e. The SMILES string of the molecule is COC(=O)[C@H]1COC(=O)N1C(C)=O. The number of nitrogens with zero attached hydrogens (tertiary/aromatic N) is 1. The number of imide groups is 1. The molecule has 0 aromatic rings. The van der Waals surface area contributed by atoms with Gasteiger partial charge in [-0.1, -0.05) is 0 Å². The fraction of sp³-hybridized carbons (Fsp3) is 0.571. The maximum Gasteiger partial charge on any atom is 0.417 e. The normalized spacial score (nSPS) is 21.2. The van der Waals surface area contributed by atoms with E-state index in [0.29, 0.717) is 0 Å². The van der Waals surface area contributed by atoms with E-state index in [4.69, 9.17) is 0 Å². The number of carbonyl (C=O) groups excluding carboxylic acids is 3. The third-order valence-electron chi connectivity index (χ3n) is 1.69. The molecule has 0 bridgehead atoms. The van der Waals surface area contributed by atoms with Crippen molar-refractivity contribution in [3.8, 4) is 0 Å². The van der Waals surface area contributed by atoms with Crippen LogP contribution in [0.5, 0.6) is 0 Å². The van der Waals surface area contributed by atoms with Gasteiger partial charge in [-0.3, -0.25) is 4.79 Å². The number of rotatable bonds is 1. The summed E-state index contributed by atoms with van der Waals surface area (Å²) in [5, 5.41) is 0. The van der Waals surface area contributed by atoms with Gasteiger partial charge in [0.05, 0.1) is 7.11 Å². The van der Waals surface area contributed by atoms with Crippen LogP contribution in [0.4, 0.5) is 4.79 Å². The van der Waals surface area contributed by atoms with E-state index in [0.717, 1.165) is 4.90 Å². The molecule has 1 saturated heterocycles. The molecule has 2 amide bonds. The van der Waals surface area contributed by atoms with Gasteiger partial charge in [-0.25, -0.2) is 14.5 Å². The minimum atomic E-state index is -0.935. The van der Waals surface area contributed by atoms with Crippen molar-refractivity contribution in [1.82, 2.24) is 4.90 Å². The number of amides is 2. The fourth-order valence-corrected chi connectivity index (χ4v) is 1.08. The summed E-state index contributed by atoms with van der Waals surface area (Å²) in [6, 6.07) is -0.935. The lowest BCUT2D eigenvalue weighted by Gasteiger charge is -2.14. The Bertz CT molecular complexity index is 262. The second kappa shape index (κ2) is 3.42. The zero-order valence-corrected chi connectivity index (χ0v) is 7.27. The van der Waals surface area contributed by atoms with Crippen LogP contribution in [0.1, 0.15) is 6.92 Å². The van der Waals surface area contributed by atoms with Crippen LogP contribution < -0.4 is 0 Å². The van der Waals surface area contributed by atoms with Crippen molar-refractivity contribution < 1.29 is 23.9 Å². The fourth-order valence-electron chi connectivity index (χ4n) is 1.08. The van der Waals surface area contributed by atoms with Crippen molar-refractivity contribution in [2.24, 2.45) is 0 Å². The number of esters is 1. The standard InChI is InChI=1S/C7H9NO5/c1-4(9)8-5(6(10)12-2)3-13-7(8)11/h5H,3H2,1-2H3/t5-/m1/s1. The van der Waals surface area contributed by atoms with Crippen molar-refractivity contribution in [3.05, 3.63) is 0 Å². The van der Waals surface area contributed by atoms with Crippen LogP contribution in [0.15, 0.2) is 0 Å². The summed E-state index contributed by atoms with van der Waals surface area (Å²) in [7, 11) is 1.18. The first-order valence-electron chi connectivity index (χ1n) is 3.62. The molecule has 0 spiro atoms. The van der Waals surface area contributed by atoms with Gasteiger partial charge in [0.25, 0.3) is 0 Å². The highest BCUT2D eigenvalue weighted by molar-refractivity contribution is 5.97. The number of carbonyl (C=O) groups is 3. The summed E-state index contributed by atoms with van der Waals surface area (Å²) in [6.45, 7) is 1.05. The summed E-state index contributed by atoms with van der Waals surface area (Å²) in [4.78, 5) is 33.6. The molecule has 13 heavy (non-hydrogen) atoms. The molecule has 1 aliphatic heterocycles. The highest BCUT2D eigenvalue weighted by Crippen LogP contribution is 2.13. The lowest BCUT2D eigenvalue weighted by molar-refractivity contribution is -0.148. The number of methoxy groups -OCH3 is 1. The first-order chi connectivity index (χ1) is 6.07. The lowest BCUT2D eigenvalue weighted by atomic mass is 10.3. The predicted octanol–water partition coefficient (Wildman–Crippen LogP) is -0.473. The van der Waals surface area contributed by atoms with Crippen molar-refractivity contribution in [2.45, 2.75) is 13.0 Å². The van der Waals surface area contributed by atoms with E-state index in [2.05, 4.69) is 9.47 Å². The van der Waals surface area contributed by atoms with Gasteiger partial charge in [-0.2, -0.15) is 0 Å². The van der Waals surface area contributed by atoms with Gasteiger partial charge in [0.1, 0.15) is 6.61 Å². The van der Waals surface area contributed by atoms with Crippen LogP contribution in [0, 0.1) is 0 Å². The molecule has 0 N–H and O–H groups in total. The van der Waals surface area contributed by atoms with Crippen molar-refractivity contribution >= 4 is 18.0 Å². The van der Waals surface area contributed by atoms with Gasteiger partial charge >= 0.3 is 12.1 Å². The number of hydrogen-bond donors (Lipinski definition) is 0. The molecule has 0 aliphatic carbocycles. The zero-order chi connectivity index (χ0) is 10.0. The number of hydrogen-bond acceptors (Lipinski definition) is 5. The Hall–Kier alpha value is -1.59. The highest BCUT2D eigenvalue weighted by atomic mass is 16.6. The Morgan fingerprint density at radius 3 is 2.69 bits per heavy atom. The van der Waals surface area contributed by atoms with E-state index in [9.17, 15) is 14.4 Å². The Labute approximate surface area is 74.4 Å². The molecular formula is C7H9NO5. The summed E-state index contributed by atoms with van der Waals surface area (Å²) >= 11 is 0. The maximum atomic E-state index is 11.0. The van der Waals surface area contributed by atoms with Gasteiger partial charge in [0.2, 0.25) is 5.91 Å². The van der Waals surface area contributed by atoms with Gasteiger partial charge in [-0.05, 0) is 0 Å². The highest BCUT2D eigenvalue weighted by Gasteiger charge is 2.41. The zero-order valence-electron chi connectivity index (χ0n) is 7.27. The molecule has 0 radical (unpaired) electrons. The lowest BCUT2D eigenvalue weighted by Crippen LogP contribution is -2.42. The average Bonchev–Trinajstić information content (AvgIpc) is 2.45. The summed E-state index contributed by atoms with van der Waals surface area (Å²) in [5.41, 5.74) is 0. The first kappa shape index (κ1) is 9.50. The molecule has 1 heterocycles. The van der Waals surface area contributed by atoms with Crippen LogP contribution in [-0.2, 0) is 19.1 Å². The van der Waals surface area contributed by atoms with Gasteiger partial charge in [0, 0.05) is 6.92 Å². The van der Waals surface area contributed by atoms with E-state index in [1.165, 1.54) is 14.0 Å². The molecule has 1 atom stereocenters. The molecule has 1 aliphatic rings. The Kier molecular flexibility index (Phi) is 2.50. The van der Waals surface area contributed by atoms with Crippen LogP contribution >= 0.6 is 0 Å². The summed E-state index contributed by atoms with van der Waals surface area (Å²) in [5.74, 6) is -1.18. The molecule has 0 aromatic carbocycles. The quantitative estimate of drug-likeness (QED) is 0.519. The summed E-state index contributed by atoms with van der Waals surface area (Å²) < 4.78 is 8.93. The van der Waals surface area contributed by atoms with Gasteiger partial charge < -0.3 is 9.47 Å². The first-order valence-corrected chi connectivity index (χ1v) is 3.62. The monoisotopic (exact) mass is 187 g/mol. The van der Waals surface area contributed by atoms with Crippen LogP contribution in [-0.4, -0.2) is 42.6 Å². The van der Waals surface area contributed by atoms with Gasteiger partial charge in [0.15, 0.2) is 6.04 Å². The summed E-state index contributed by atoms with van der Waals surface area (Å²) in [6.07, 6.45) is -0.803. The number of cyclic esters (lactones) is 1. The molecule has 0 aromatic heterocycles. The van der Waals surface area contributed by atoms with E-state index in [1.54, 1.807) is 0 Å². The van der Waals surface area contributed by atoms with E-state index in [-0.39, 0.29) is 6.61 Å². The second-order valence-corrected chi connectivity index (χ2v) is 2.50. The van der Waals surface area contributed by atoms with Crippen molar-refractivity contribution in [3.63, 3.8) is 0 Å². The second-order valence-electron chi connectivity index (χ2n) is 2.50.